The molecule has 1 aromatic carbocycles. The molecule has 0 saturated heterocycles. The van der Waals surface area contributed by atoms with Gasteiger partial charge in [0.2, 0.25) is 0 Å². The van der Waals surface area contributed by atoms with Gasteiger partial charge in [-0.1, -0.05) is 22.0 Å². The molecule has 0 bridgehead atoms. The third-order valence-electron chi connectivity index (χ3n) is 3.27. The molecule has 0 amide bonds. The quantitative estimate of drug-likeness (QED) is 0.921. The predicted molar refractivity (Wildman–Crippen MR) is 79.1 cm³/mol. The van der Waals surface area contributed by atoms with Crippen LogP contribution in [0.1, 0.15) is 11.7 Å². The number of aliphatic imine (C=N–C) groups is 1. The number of aryl methyl sites for hydroxylation is 1. The van der Waals surface area contributed by atoms with E-state index in [-0.39, 0.29) is 6.04 Å². The number of nitrogens with zero attached hydrogens (tertiary/aromatic N) is 4. The summed E-state index contributed by atoms with van der Waals surface area (Å²) in [5, 5.41) is 0. The first-order chi connectivity index (χ1) is 9.16. The van der Waals surface area contributed by atoms with Gasteiger partial charge in [0.1, 0.15) is 0 Å². The molecule has 0 fully saturated rings. The Morgan fingerprint density at radius 2 is 2.26 bits per heavy atom. The molecule has 19 heavy (non-hydrogen) atoms. The molecule has 1 atom stereocenters. The van der Waals surface area contributed by atoms with Crippen molar-refractivity contribution in [3.05, 3.63) is 47.0 Å². The molecule has 1 aliphatic rings. The highest BCUT2D eigenvalue weighted by Gasteiger charge is 2.30. The average Bonchev–Trinajstić information content (AvgIpc) is 2.95. The van der Waals surface area contributed by atoms with Gasteiger partial charge >= 0.3 is 0 Å². The van der Waals surface area contributed by atoms with Gasteiger partial charge in [0.05, 0.1) is 30.8 Å². The fraction of sp³-hybridized carbons (Fsp3) is 0.231. The van der Waals surface area contributed by atoms with Crippen LogP contribution in [0.5, 0.6) is 0 Å². The molecule has 2 aromatic rings. The van der Waals surface area contributed by atoms with E-state index in [0.29, 0.717) is 12.5 Å². The van der Waals surface area contributed by atoms with E-state index in [0.717, 1.165) is 15.9 Å². The number of aromatic nitrogens is 2. The van der Waals surface area contributed by atoms with Crippen LogP contribution in [0.15, 0.2) is 46.3 Å². The van der Waals surface area contributed by atoms with Crippen molar-refractivity contribution in [1.82, 2.24) is 9.55 Å². The Bertz CT molecular complexity index is 633. The van der Waals surface area contributed by atoms with Gasteiger partial charge in [-0.2, -0.15) is 0 Å². The van der Waals surface area contributed by atoms with E-state index in [1.165, 1.54) is 0 Å². The monoisotopic (exact) mass is 319 g/mol. The molecule has 0 saturated carbocycles. The van der Waals surface area contributed by atoms with E-state index in [1.807, 2.05) is 47.0 Å². The molecule has 2 N–H and O–H groups in total. The summed E-state index contributed by atoms with van der Waals surface area (Å²) in [5.41, 5.74) is 8.17. The number of nitrogens with two attached hydrogens (primary N) is 1. The van der Waals surface area contributed by atoms with E-state index in [2.05, 4.69) is 25.9 Å². The van der Waals surface area contributed by atoms with Crippen LogP contribution in [-0.2, 0) is 7.05 Å². The van der Waals surface area contributed by atoms with Crippen molar-refractivity contribution in [2.75, 3.05) is 11.4 Å². The molecule has 98 valence electrons. The zero-order valence-corrected chi connectivity index (χ0v) is 12.1. The highest BCUT2D eigenvalue weighted by atomic mass is 79.9. The van der Waals surface area contributed by atoms with Crippen LogP contribution in [0.25, 0.3) is 0 Å². The Morgan fingerprint density at radius 1 is 1.42 bits per heavy atom. The first-order valence-electron chi connectivity index (χ1n) is 5.98. The molecular formula is C13H14BrN5. The molecule has 1 aromatic heterocycles. The largest absolute Gasteiger partial charge is 0.369 e. The third-order valence-corrected chi connectivity index (χ3v) is 3.76. The molecule has 2 heterocycles. The van der Waals surface area contributed by atoms with E-state index in [9.17, 15) is 0 Å². The molecule has 0 spiro atoms. The number of halogens is 1. The van der Waals surface area contributed by atoms with Gasteiger partial charge in [-0.15, -0.1) is 0 Å². The maximum Gasteiger partial charge on any atom is 0.196 e. The summed E-state index contributed by atoms with van der Waals surface area (Å²) in [4.78, 5) is 10.6. The van der Waals surface area contributed by atoms with E-state index < -0.39 is 0 Å². The van der Waals surface area contributed by atoms with Crippen LogP contribution < -0.4 is 10.6 Å². The van der Waals surface area contributed by atoms with Gasteiger partial charge < -0.3 is 15.2 Å². The van der Waals surface area contributed by atoms with Gasteiger partial charge in [0, 0.05) is 17.2 Å². The second kappa shape index (κ2) is 4.70. The Hall–Kier alpha value is -1.82. The van der Waals surface area contributed by atoms with Crippen molar-refractivity contribution < 1.29 is 0 Å². The predicted octanol–water partition coefficient (Wildman–Crippen LogP) is 2.06. The van der Waals surface area contributed by atoms with Crippen molar-refractivity contribution >= 4 is 27.6 Å². The Morgan fingerprint density at radius 3 is 2.95 bits per heavy atom. The average molecular weight is 320 g/mol. The SMILES string of the molecule is Cn1cncc1C1CN=C(N)N1c1cccc(Br)c1. The highest BCUT2D eigenvalue weighted by molar-refractivity contribution is 9.10. The molecule has 1 unspecified atom stereocenters. The van der Waals surface area contributed by atoms with Gasteiger partial charge in [0.15, 0.2) is 5.96 Å². The summed E-state index contributed by atoms with van der Waals surface area (Å²) in [6.07, 6.45) is 3.66. The van der Waals surface area contributed by atoms with Gasteiger partial charge in [-0.25, -0.2) is 4.98 Å². The van der Waals surface area contributed by atoms with Crippen LogP contribution in [0.4, 0.5) is 5.69 Å². The Kier molecular flexibility index (Phi) is 3.02. The third kappa shape index (κ3) is 2.12. The number of benzene rings is 1. The summed E-state index contributed by atoms with van der Waals surface area (Å²) >= 11 is 3.49. The van der Waals surface area contributed by atoms with E-state index >= 15 is 0 Å². The Balaban J connectivity index is 2.02. The van der Waals surface area contributed by atoms with Crippen molar-refractivity contribution in [1.29, 1.82) is 0 Å². The summed E-state index contributed by atoms with van der Waals surface area (Å²) in [7, 11) is 1.98. The normalized spacial score (nSPS) is 18.7. The van der Waals surface area contributed by atoms with Crippen LogP contribution in [0, 0.1) is 0 Å². The summed E-state index contributed by atoms with van der Waals surface area (Å²) in [6, 6.07) is 8.15. The Labute approximate surface area is 119 Å². The molecule has 6 heteroatoms. The zero-order valence-electron chi connectivity index (χ0n) is 10.5. The minimum Gasteiger partial charge on any atom is -0.369 e. The number of hydrogen-bond acceptors (Lipinski definition) is 4. The maximum absolute atomic E-state index is 6.04. The lowest BCUT2D eigenvalue weighted by atomic mass is 10.1. The van der Waals surface area contributed by atoms with Gasteiger partial charge in [-0.3, -0.25) is 4.99 Å². The number of guanidine groups is 1. The van der Waals surface area contributed by atoms with Gasteiger partial charge in [0.25, 0.3) is 0 Å². The molecule has 1 aliphatic heterocycles. The second-order valence-corrected chi connectivity index (χ2v) is 5.41. The lowest BCUT2D eigenvalue weighted by molar-refractivity contribution is 0.689. The molecule has 0 aliphatic carbocycles. The van der Waals surface area contributed by atoms with Crippen LogP contribution >= 0.6 is 15.9 Å². The first kappa shape index (κ1) is 12.2. The minimum absolute atomic E-state index is 0.0989. The fourth-order valence-electron chi connectivity index (χ4n) is 2.35. The molecular weight excluding hydrogens is 306 g/mol. The second-order valence-electron chi connectivity index (χ2n) is 4.49. The van der Waals surface area contributed by atoms with Crippen LogP contribution in [-0.4, -0.2) is 22.1 Å². The van der Waals surface area contributed by atoms with E-state index in [1.54, 1.807) is 6.33 Å². The smallest absolute Gasteiger partial charge is 0.196 e. The number of hydrogen-bond donors (Lipinski definition) is 1. The number of anilines is 1. The first-order valence-corrected chi connectivity index (χ1v) is 6.77. The van der Waals surface area contributed by atoms with Gasteiger partial charge in [-0.05, 0) is 18.2 Å². The summed E-state index contributed by atoms with van der Waals surface area (Å²) < 4.78 is 3.03. The van der Waals surface area contributed by atoms with Crippen molar-refractivity contribution in [3.63, 3.8) is 0 Å². The number of imidazole rings is 1. The highest BCUT2D eigenvalue weighted by Crippen LogP contribution is 2.31. The summed E-state index contributed by atoms with van der Waals surface area (Å²) in [6.45, 7) is 0.651. The topological polar surface area (TPSA) is 59.4 Å². The lowest BCUT2D eigenvalue weighted by Gasteiger charge is -2.26. The maximum atomic E-state index is 6.04. The van der Waals surface area contributed by atoms with Crippen molar-refractivity contribution in [3.8, 4) is 0 Å². The number of rotatable bonds is 2. The lowest BCUT2D eigenvalue weighted by Crippen LogP contribution is -2.36. The van der Waals surface area contributed by atoms with Crippen LogP contribution in [0.3, 0.4) is 0 Å². The minimum atomic E-state index is 0.0989. The molecule has 3 rings (SSSR count). The van der Waals surface area contributed by atoms with Crippen molar-refractivity contribution in [2.45, 2.75) is 6.04 Å². The summed E-state index contributed by atoms with van der Waals surface area (Å²) in [5.74, 6) is 0.546. The fourth-order valence-corrected chi connectivity index (χ4v) is 2.74. The zero-order chi connectivity index (χ0) is 13.4. The standard InChI is InChI=1S/C13H14BrN5/c1-18-8-16-6-11(18)12-7-17-13(15)19(12)10-4-2-3-9(14)5-10/h2-6,8,12H,7H2,1H3,(H2,15,17). The van der Waals surface area contributed by atoms with E-state index in [4.69, 9.17) is 5.73 Å². The van der Waals surface area contributed by atoms with Crippen LogP contribution in [0.2, 0.25) is 0 Å². The van der Waals surface area contributed by atoms with Crippen molar-refractivity contribution in [2.24, 2.45) is 17.8 Å². The molecule has 5 nitrogen and oxygen atoms in total. The molecule has 0 radical (unpaired) electrons.